The van der Waals surface area contributed by atoms with Crippen molar-refractivity contribution in [1.29, 1.82) is 0 Å². The Labute approximate surface area is 126 Å². The number of ether oxygens (including phenoxy) is 1. The maximum absolute atomic E-state index is 10.9. The summed E-state index contributed by atoms with van der Waals surface area (Å²) in [6, 6.07) is 4.53. The molecule has 1 aromatic carbocycles. The lowest BCUT2D eigenvalue weighted by molar-refractivity contribution is 0.0693. The monoisotopic (exact) mass is 294 g/mol. The van der Waals surface area contributed by atoms with Crippen molar-refractivity contribution in [2.75, 3.05) is 6.61 Å². The Hall–Kier alpha value is -1.71. The van der Waals surface area contributed by atoms with Gasteiger partial charge in [0.15, 0.2) is 11.5 Å². The molecule has 0 saturated heterocycles. The lowest BCUT2D eigenvalue weighted by atomic mass is 10.1. The Morgan fingerprint density at radius 3 is 2.29 bits per heavy atom. The van der Waals surface area contributed by atoms with Gasteiger partial charge < -0.3 is 14.9 Å². The molecule has 0 aliphatic heterocycles. The molecule has 0 aromatic heterocycles. The van der Waals surface area contributed by atoms with E-state index in [0.29, 0.717) is 6.61 Å². The fourth-order valence-corrected chi connectivity index (χ4v) is 2.23. The maximum Gasteiger partial charge on any atom is 0.339 e. The minimum Gasteiger partial charge on any atom is -0.504 e. The normalized spacial score (nSPS) is 10.5. The number of para-hydroxylation sites is 1. The van der Waals surface area contributed by atoms with Crippen LogP contribution in [0.2, 0.25) is 0 Å². The van der Waals surface area contributed by atoms with Gasteiger partial charge in [-0.15, -0.1) is 0 Å². The van der Waals surface area contributed by atoms with Crippen molar-refractivity contribution in [1.82, 2.24) is 0 Å². The second kappa shape index (κ2) is 10.1. The van der Waals surface area contributed by atoms with Crippen LogP contribution in [0.4, 0.5) is 0 Å². The van der Waals surface area contributed by atoms with Gasteiger partial charge in [-0.05, 0) is 18.6 Å². The minimum absolute atomic E-state index is 0.122. The fourth-order valence-electron chi connectivity index (χ4n) is 2.23. The first-order chi connectivity index (χ1) is 10.2. The van der Waals surface area contributed by atoms with E-state index in [4.69, 9.17) is 9.84 Å². The van der Waals surface area contributed by atoms with Crippen LogP contribution in [-0.4, -0.2) is 22.8 Å². The van der Waals surface area contributed by atoms with Gasteiger partial charge in [-0.25, -0.2) is 4.79 Å². The van der Waals surface area contributed by atoms with Crippen molar-refractivity contribution in [2.45, 2.75) is 58.3 Å². The van der Waals surface area contributed by atoms with Crippen LogP contribution >= 0.6 is 0 Å². The summed E-state index contributed by atoms with van der Waals surface area (Å²) in [5, 5.41) is 18.7. The summed E-state index contributed by atoms with van der Waals surface area (Å²) in [5.74, 6) is -1.19. The molecule has 0 saturated carbocycles. The Kier molecular flexibility index (Phi) is 8.32. The van der Waals surface area contributed by atoms with Crippen molar-refractivity contribution in [3.8, 4) is 11.5 Å². The lowest BCUT2D eigenvalue weighted by Crippen LogP contribution is -2.01. The zero-order valence-corrected chi connectivity index (χ0v) is 12.8. The molecule has 118 valence electrons. The fraction of sp³-hybridized carbons (Fsp3) is 0.588. The van der Waals surface area contributed by atoms with Crippen molar-refractivity contribution >= 4 is 5.97 Å². The van der Waals surface area contributed by atoms with E-state index in [-0.39, 0.29) is 17.1 Å². The second-order valence-electron chi connectivity index (χ2n) is 5.28. The summed E-state index contributed by atoms with van der Waals surface area (Å²) in [4.78, 5) is 10.9. The van der Waals surface area contributed by atoms with Gasteiger partial charge in [0.2, 0.25) is 0 Å². The highest BCUT2D eigenvalue weighted by Gasteiger charge is 2.13. The summed E-state index contributed by atoms with van der Waals surface area (Å²) in [6.45, 7) is 2.72. The van der Waals surface area contributed by atoms with Crippen molar-refractivity contribution in [3.05, 3.63) is 23.8 Å². The van der Waals surface area contributed by atoms with Gasteiger partial charge in [0, 0.05) is 0 Å². The van der Waals surface area contributed by atoms with E-state index in [1.54, 1.807) is 12.1 Å². The molecule has 0 atom stereocenters. The van der Waals surface area contributed by atoms with Crippen LogP contribution in [0.25, 0.3) is 0 Å². The number of hydrogen-bond donors (Lipinski definition) is 2. The van der Waals surface area contributed by atoms with Crippen LogP contribution in [0.1, 0.15) is 68.6 Å². The number of unbranched alkanes of at least 4 members (excludes halogenated alkanes) is 7. The quantitative estimate of drug-likeness (QED) is 0.585. The highest BCUT2D eigenvalue weighted by Crippen LogP contribution is 2.29. The number of rotatable bonds is 11. The first-order valence-corrected chi connectivity index (χ1v) is 7.85. The molecular weight excluding hydrogens is 268 g/mol. The van der Waals surface area contributed by atoms with Gasteiger partial charge >= 0.3 is 5.97 Å². The number of carboxylic acids is 1. The van der Waals surface area contributed by atoms with Gasteiger partial charge in [0.05, 0.1) is 6.61 Å². The largest absolute Gasteiger partial charge is 0.504 e. The van der Waals surface area contributed by atoms with E-state index >= 15 is 0 Å². The van der Waals surface area contributed by atoms with Crippen LogP contribution in [0, 0.1) is 0 Å². The van der Waals surface area contributed by atoms with Crippen LogP contribution in [0.15, 0.2) is 18.2 Å². The predicted octanol–water partition coefficient (Wildman–Crippen LogP) is 4.61. The number of aromatic carboxylic acids is 1. The van der Waals surface area contributed by atoms with E-state index < -0.39 is 5.97 Å². The Balaban J connectivity index is 2.19. The van der Waals surface area contributed by atoms with Crippen molar-refractivity contribution in [2.24, 2.45) is 0 Å². The van der Waals surface area contributed by atoms with Gasteiger partial charge in [0.1, 0.15) is 5.56 Å². The third-order valence-corrected chi connectivity index (χ3v) is 3.48. The molecule has 0 aliphatic rings. The summed E-state index contributed by atoms with van der Waals surface area (Å²) in [6.07, 6.45) is 9.71. The molecule has 0 bridgehead atoms. The smallest absolute Gasteiger partial charge is 0.339 e. The van der Waals surface area contributed by atoms with E-state index in [1.165, 1.54) is 44.6 Å². The van der Waals surface area contributed by atoms with E-state index in [2.05, 4.69) is 6.92 Å². The Morgan fingerprint density at radius 2 is 1.67 bits per heavy atom. The predicted molar refractivity (Wildman–Crippen MR) is 83.2 cm³/mol. The number of benzene rings is 1. The number of phenols is 1. The van der Waals surface area contributed by atoms with Crippen molar-refractivity contribution in [3.63, 3.8) is 0 Å². The van der Waals surface area contributed by atoms with Gasteiger partial charge in [0.25, 0.3) is 0 Å². The topological polar surface area (TPSA) is 66.8 Å². The molecule has 21 heavy (non-hydrogen) atoms. The molecule has 4 heteroatoms. The van der Waals surface area contributed by atoms with Crippen LogP contribution in [-0.2, 0) is 0 Å². The zero-order valence-electron chi connectivity index (χ0n) is 12.8. The first-order valence-electron chi connectivity index (χ1n) is 7.85. The molecule has 0 amide bonds. The molecule has 1 rings (SSSR count). The average molecular weight is 294 g/mol. The summed E-state index contributed by atoms with van der Waals surface area (Å²) in [7, 11) is 0. The van der Waals surface area contributed by atoms with Crippen LogP contribution < -0.4 is 4.74 Å². The summed E-state index contributed by atoms with van der Waals surface area (Å²) in [5.41, 5.74) is -0.122. The van der Waals surface area contributed by atoms with Crippen LogP contribution in [0.5, 0.6) is 11.5 Å². The molecule has 0 radical (unpaired) electrons. The molecule has 0 aliphatic carbocycles. The van der Waals surface area contributed by atoms with E-state index in [1.807, 2.05) is 0 Å². The molecular formula is C17H26O4. The maximum atomic E-state index is 10.9. The molecule has 0 unspecified atom stereocenters. The minimum atomic E-state index is -1.15. The zero-order chi connectivity index (χ0) is 15.5. The van der Waals surface area contributed by atoms with Gasteiger partial charge in [-0.2, -0.15) is 0 Å². The average Bonchev–Trinajstić information content (AvgIpc) is 2.46. The molecule has 0 fully saturated rings. The lowest BCUT2D eigenvalue weighted by Gasteiger charge is -2.09. The standard InChI is InChI=1S/C17H26O4/c1-2-3-4-5-6-7-8-9-13-21-15-12-10-11-14(16(15)18)17(19)20/h10-12,18H,2-9,13H2,1H3,(H,19,20). The highest BCUT2D eigenvalue weighted by molar-refractivity contribution is 5.91. The van der Waals surface area contributed by atoms with Crippen LogP contribution in [0.3, 0.4) is 0 Å². The molecule has 2 N–H and O–H groups in total. The van der Waals surface area contributed by atoms with E-state index in [9.17, 15) is 9.90 Å². The summed E-state index contributed by atoms with van der Waals surface area (Å²) < 4.78 is 5.46. The van der Waals surface area contributed by atoms with E-state index in [0.717, 1.165) is 12.8 Å². The molecule has 1 aromatic rings. The number of carboxylic acid groups (broad SMARTS) is 1. The number of hydrogen-bond acceptors (Lipinski definition) is 3. The first kappa shape index (κ1) is 17.3. The molecule has 0 spiro atoms. The van der Waals surface area contributed by atoms with Gasteiger partial charge in [-0.1, -0.05) is 57.9 Å². The third kappa shape index (κ3) is 6.52. The summed E-state index contributed by atoms with van der Waals surface area (Å²) >= 11 is 0. The SMILES string of the molecule is CCCCCCCCCCOc1cccc(C(=O)O)c1O. The number of aromatic hydroxyl groups is 1. The van der Waals surface area contributed by atoms with Gasteiger partial charge in [-0.3, -0.25) is 0 Å². The highest BCUT2D eigenvalue weighted by atomic mass is 16.5. The molecule has 0 heterocycles. The Bertz CT molecular complexity index is 429. The van der Waals surface area contributed by atoms with Crippen molar-refractivity contribution < 1.29 is 19.7 Å². The third-order valence-electron chi connectivity index (χ3n) is 3.48. The Morgan fingerprint density at radius 1 is 1.05 bits per heavy atom. The number of carbonyl (C=O) groups is 1. The second-order valence-corrected chi connectivity index (χ2v) is 5.28. The molecule has 4 nitrogen and oxygen atoms in total.